The monoisotopic (exact) mass is 623 g/mol. The number of thioether (sulfide) groups is 1. The van der Waals surface area contributed by atoms with Gasteiger partial charge < -0.3 is 20.3 Å². The van der Waals surface area contributed by atoms with Crippen molar-refractivity contribution in [3.63, 3.8) is 0 Å². The van der Waals surface area contributed by atoms with Crippen LogP contribution >= 0.6 is 23.4 Å². The van der Waals surface area contributed by atoms with Gasteiger partial charge in [-0.05, 0) is 30.2 Å². The van der Waals surface area contributed by atoms with Gasteiger partial charge in [-0.3, -0.25) is 10.1 Å². The largest absolute Gasteiger partial charge is 0.494 e. The van der Waals surface area contributed by atoms with E-state index in [-0.39, 0.29) is 16.8 Å². The van der Waals surface area contributed by atoms with E-state index >= 15 is 0 Å². The Bertz CT molecular complexity index is 1430. The second-order valence-corrected chi connectivity index (χ2v) is 13.1. The average molecular weight is 624 g/mol. The number of methoxy groups -OCH3 is 1. The fourth-order valence-corrected chi connectivity index (χ4v) is 6.01. The van der Waals surface area contributed by atoms with Crippen molar-refractivity contribution in [2.24, 2.45) is 5.92 Å². The molecular formula is C32H42ClN7O2S. The zero-order valence-electron chi connectivity index (χ0n) is 25.6. The van der Waals surface area contributed by atoms with Gasteiger partial charge in [-0.15, -0.1) is 11.8 Å². The van der Waals surface area contributed by atoms with Crippen LogP contribution < -0.4 is 25.3 Å². The molecule has 1 saturated heterocycles. The van der Waals surface area contributed by atoms with Crippen molar-refractivity contribution >= 4 is 57.9 Å². The Balaban J connectivity index is 1.65. The second kappa shape index (κ2) is 14.8. The number of para-hydroxylation sites is 1. The van der Waals surface area contributed by atoms with Crippen LogP contribution in [0.2, 0.25) is 5.02 Å². The predicted octanol–water partition coefficient (Wildman–Crippen LogP) is 7.80. The number of hydrogen-bond acceptors (Lipinski definition) is 10. The summed E-state index contributed by atoms with van der Waals surface area (Å²) in [6.45, 7) is 21.5. The van der Waals surface area contributed by atoms with Gasteiger partial charge in [-0.1, -0.05) is 64.6 Å². The van der Waals surface area contributed by atoms with E-state index in [4.69, 9.17) is 16.3 Å². The van der Waals surface area contributed by atoms with E-state index in [0.29, 0.717) is 34.0 Å². The second-order valence-electron chi connectivity index (χ2n) is 11.0. The molecule has 1 aromatic heterocycles. The van der Waals surface area contributed by atoms with Gasteiger partial charge in [0.1, 0.15) is 10.8 Å². The smallest absolute Gasteiger partial charge is 0.229 e. The Labute approximate surface area is 264 Å². The number of nitrogens with one attached hydrogen (secondary N) is 2. The molecule has 0 amide bonds. The third-order valence-electron chi connectivity index (χ3n) is 6.82. The Morgan fingerprint density at radius 1 is 1.16 bits per heavy atom. The fourth-order valence-electron chi connectivity index (χ4n) is 4.90. The van der Waals surface area contributed by atoms with Crippen molar-refractivity contribution in [1.82, 2.24) is 14.9 Å². The van der Waals surface area contributed by atoms with Gasteiger partial charge in [0.2, 0.25) is 5.95 Å². The first-order chi connectivity index (χ1) is 20.6. The van der Waals surface area contributed by atoms with Crippen LogP contribution in [0.25, 0.3) is 0 Å². The maximum absolute atomic E-state index is 11.2. The summed E-state index contributed by atoms with van der Waals surface area (Å²) in [5.41, 5.74) is 3.75. The van der Waals surface area contributed by atoms with Gasteiger partial charge in [0.15, 0.2) is 5.82 Å². The number of nitrogens with zero attached hydrogens (tertiary/aromatic N) is 5. The van der Waals surface area contributed by atoms with E-state index in [1.807, 2.05) is 36.4 Å². The number of ether oxygens (including phenoxy) is 1. The molecule has 11 heteroatoms. The molecule has 1 aliphatic rings. The predicted molar refractivity (Wildman–Crippen MR) is 181 cm³/mol. The summed E-state index contributed by atoms with van der Waals surface area (Å²) in [6, 6.07) is 11.5. The van der Waals surface area contributed by atoms with Crippen molar-refractivity contribution in [1.29, 1.82) is 0 Å². The highest BCUT2D eigenvalue weighted by Gasteiger charge is 2.23. The lowest BCUT2D eigenvalue weighted by Gasteiger charge is -2.38. The van der Waals surface area contributed by atoms with Gasteiger partial charge in [0.05, 0.1) is 36.1 Å². The van der Waals surface area contributed by atoms with Crippen LogP contribution in [0.4, 0.5) is 34.5 Å². The summed E-state index contributed by atoms with van der Waals surface area (Å²) in [5.74, 6) is 1.65. The first-order valence-electron chi connectivity index (χ1n) is 14.4. The van der Waals surface area contributed by atoms with E-state index in [0.717, 1.165) is 54.1 Å². The molecule has 0 unspecified atom stereocenters. The minimum absolute atomic E-state index is 0.157. The molecule has 2 heterocycles. The minimum atomic E-state index is 0.157. The van der Waals surface area contributed by atoms with Crippen molar-refractivity contribution in [3.8, 4) is 5.75 Å². The number of rotatable bonds is 13. The molecule has 3 aromatic rings. The Hall–Kier alpha value is -3.44. The molecule has 0 atom stereocenters. The molecular weight excluding hydrogens is 582 g/mol. The van der Waals surface area contributed by atoms with Crippen LogP contribution in [0, 0.1) is 5.92 Å². The molecule has 0 saturated carbocycles. The van der Waals surface area contributed by atoms with Crippen LogP contribution in [-0.2, 0) is 0 Å². The molecule has 4 rings (SSSR count). The van der Waals surface area contributed by atoms with Crippen LogP contribution in [0.1, 0.15) is 27.7 Å². The standard InChI is InChI=1S/C32H42ClN7O2S/c1-8-23(6)35-25-17-26(29(42-7)18-28(25)39-15-13-38(14-16-39)20-21(2)3)36-32-34-19-24(33)31(37-32)40(41)27-11-9-10-12-30(27)43-22(4)5/h8-12,17-19,21-22,35,41H,1,6,13-16,20H2,2-5,7H3,(H,34,36,37). The number of hydrogen-bond donors (Lipinski definition) is 3. The fraction of sp³-hybridized carbons (Fsp3) is 0.375. The maximum Gasteiger partial charge on any atom is 0.229 e. The summed E-state index contributed by atoms with van der Waals surface area (Å²) in [4.78, 5) is 14.7. The summed E-state index contributed by atoms with van der Waals surface area (Å²) < 4.78 is 5.82. The number of halogens is 1. The number of allylic oxidation sites excluding steroid dienone is 1. The zero-order chi connectivity index (χ0) is 31.1. The third kappa shape index (κ3) is 8.35. The van der Waals surface area contributed by atoms with Crippen molar-refractivity contribution in [3.05, 3.63) is 72.5 Å². The molecule has 1 fully saturated rings. The molecule has 2 aromatic carbocycles. The van der Waals surface area contributed by atoms with Gasteiger partial charge in [0.25, 0.3) is 0 Å². The minimum Gasteiger partial charge on any atom is -0.494 e. The summed E-state index contributed by atoms with van der Waals surface area (Å²) in [7, 11) is 1.63. The lowest BCUT2D eigenvalue weighted by molar-refractivity contribution is 0.231. The van der Waals surface area contributed by atoms with Crippen molar-refractivity contribution < 1.29 is 9.94 Å². The average Bonchev–Trinajstić information content (AvgIpc) is 2.98. The van der Waals surface area contributed by atoms with Gasteiger partial charge >= 0.3 is 0 Å². The van der Waals surface area contributed by atoms with Crippen LogP contribution in [-0.4, -0.2) is 65.2 Å². The summed E-state index contributed by atoms with van der Waals surface area (Å²) in [5, 5.41) is 19.4. The van der Waals surface area contributed by atoms with Crippen molar-refractivity contribution in [2.75, 3.05) is 60.4 Å². The molecule has 1 aliphatic heterocycles. The van der Waals surface area contributed by atoms with E-state index in [9.17, 15) is 5.21 Å². The normalized spacial score (nSPS) is 13.7. The lowest BCUT2D eigenvalue weighted by atomic mass is 10.1. The zero-order valence-corrected chi connectivity index (χ0v) is 27.2. The molecule has 0 aliphatic carbocycles. The SMILES string of the molecule is C=CC(=C)Nc1cc(Nc2ncc(Cl)c(N(O)c3ccccc3SC(C)C)n2)c(OC)cc1N1CCN(CC(C)C)CC1. The first kappa shape index (κ1) is 32.5. The quantitative estimate of drug-likeness (QED) is 0.0995. The Morgan fingerprint density at radius 3 is 2.53 bits per heavy atom. The first-order valence-corrected chi connectivity index (χ1v) is 15.7. The number of anilines is 6. The van der Waals surface area contributed by atoms with Crippen molar-refractivity contribution in [2.45, 2.75) is 37.8 Å². The maximum atomic E-state index is 11.2. The summed E-state index contributed by atoms with van der Waals surface area (Å²) in [6.07, 6.45) is 3.14. The number of piperazine rings is 1. The van der Waals surface area contributed by atoms with Crippen LogP contribution in [0.15, 0.2) is 72.4 Å². The van der Waals surface area contributed by atoms with Crippen LogP contribution in [0.5, 0.6) is 5.75 Å². The van der Waals surface area contributed by atoms with Crippen LogP contribution in [0.3, 0.4) is 0 Å². The molecule has 0 radical (unpaired) electrons. The third-order valence-corrected chi connectivity index (χ3v) is 8.16. The molecule has 43 heavy (non-hydrogen) atoms. The number of aromatic nitrogens is 2. The molecule has 9 nitrogen and oxygen atoms in total. The molecule has 3 N–H and O–H groups in total. The van der Waals surface area contributed by atoms with Gasteiger partial charge in [-0.2, -0.15) is 4.98 Å². The highest BCUT2D eigenvalue weighted by atomic mass is 35.5. The number of benzene rings is 2. The lowest BCUT2D eigenvalue weighted by Crippen LogP contribution is -2.47. The van der Waals surface area contributed by atoms with Gasteiger partial charge in [-0.25, -0.2) is 10.0 Å². The Morgan fingerprint density at radius 2 is 1.88 bits per heavy atom. The van der Waals surface area contributed by atoms with Gasteiger partial charge in [0, 0.05) is 54.6 Å². The molecule has 0 spiro atoms. The van der Waals surface area contributed by atoms with E-state index < -0.39 is 0 Å². The van der Waals surface area contributed by atoms with E-state index in [1.54, 1.807) is 24.9 Å². The highest BCUT2D eigenvalue weighted by Crippen LogP contribution is 2.40. The van der Waals surface area contributed by atoms with E-state index in [2.05, 4.69) is 71.3 Å². The van der Waals surface area contributed by atoms with E-state index in [1.165, 1.54) is 6.20 Å². The molecule has 230 valence electrons. The Kier molecular flexibility index (Phi) is 11.2. The summed E-state index contributed by atoms with van der Waals surface area (Å²) >= 11 is 8.12. The topological polar surface area (TPSA) is 89.0 Å². The molecule has 0 bridgehead atoms. The highest BCUT2D eigenvalue weighted by molar-refractivity contribution is 8.00.